The zero-order valence-electron chi connectivity index (χ0n) is 11.8. The molecule has 0 aromatic heterocycles. The van der Waals surface area contributed by atoms with Gasteiger partial charge in [0.25, 0.3) is 0 Å². The number of nitrogens with one attached hydrogen (secondary N) is 1. The van der Waals surface area contributed by atoms with E-state index >= 15 is 0 Å². The maximum absolute atomic E-state index is 11.4. The van der Waals surface area contributed by atoms with Crippen LogP contribution < -0.4 is 5.32 Å². The summed E-state index contributed by atoms with van der Waals surface area (Å²) in [4.78, 5) is 11.4. The van der Waals surface area contributed by atoms with E-state index < -0.39 is 0 Å². The molecular weight excluding hydrogens is 250 g/mol. The van der Waals surface area contributed by atoms with Gasteiger partial charge in [-0.3, -0.25) is 4.79 Å². The van der Waals surface area contributed by atoms with E-state index in [1.807, 2.05) is 56.3 Å². The van der Waals surface area contributed by atoms with E-state index in [4.69, 9.17) is 4.74 Å². The van der Waals surface area contributed by atoms with E-state index in [2.05, 4.69) is 17.4 Å². The molecule has 3 heteroatoms. The van der Waals surface area contributed by atoms with Crippen LogP contribution in [0.25, 0.3) is 11.1 Å². The molecule has 0 saturated heterocycles. The molecule has 0 aliphatic carbocycles. The van der Waals surface area contributed by atoms with Crippen molar-refractivity contribution in [3.63, 3.8) is 0 Å². The summed E-state index contributed by atoms with van der Waals surface area (Å²) in [6, 6.07) is 18.2. The highest BCUT2D eigenvalue weighted by Gasteiger charge is 2.05. The van der Waals surface area contributed by atoms with Crippen LogP contribution in [0.4, 0.5) is 5.69 Å². The lowest BCUT2D eigenvalue weighted by molar-refractivity contribution is -0.145. The number of hydrogen-bond acceptors (Lipinski definition) is 3. The second-order valence-corrected chi connectivity index (χ2v) is 4.84. The van der Waals surface area contributed by atoms with Gasteiger partial charge in [-0.15, -0.1) is 0 Å². The highest BCUT2D eigenvalue weighted by atomic mass is 16.5. The Morgan fingerprint density at radius 3 is 2.20 bits per heavy atom. The quantitative estimate of drug-likeness (QED) is 0.841. The topological polar surface area (TPSA) is 38.3 Å². The van der Waals surface area contributed by atoms with E-state index in [0.717, 1.165) is 11.3 Å². The molecule has 3 nitrogen and oxygen atoms in total. The van der Waals surface area contributed by atoms with Gasteiger partial charge in [-0.25, -0.2) is 0 Å². The molecule has 20 heavy (non-hydrogen) atoms. The number of anilines is 1. The van der Waals surface area contributed by atoms with Gasteiger partial charge in [-0.05, 0) is 37.1 Å². The van der Waals surface area contributed by atoms with Gasteiger partial charge in [0, 0.05) is 5.69 Å². The molecule has 2 rings (SSSR count). The van der Waals surface area contributed by atoms with Crippen molar-refractivity contribution < 1.29 is 9.53 Å². The maximum atomic E-state index is 11.4. The molecule has 0 atom stereocenters. The zero-order chi connectivity index (χ0) is 14.4. The number of benzene rings is 2. The lowest BCUT2D eigenvalue weighted by atomic mass is 10.1. The molecule has 104 valence electrons. The van der Waals surface area contributed by atoms with Gasteiger partial charge in [0.2, 0.25) is 0 Å². The fourth-order valence-electron chi connectivity index (χ4n) is 1.89. The van der Waals surface area contributed by atoms with Crippen LogP contribution in [0, 0.1) is 0 Å². The molecular formula is C17H19NO2. The minimum atomic E-state index is -0.243. The average molecular weight is 269 g/mol. The van der Waals surface area contributed by atoms with Gasteiger partial charge in [0.15, 0.2) is 0 Å². The summed E-state index contributed by atoms with van der Waals surface area (Å²) >= 11 is 0. The van der Waals surface area contributed by atoms with Gasteiger partial charge >= 0.3 is 5.97 Å². The largest absolute Gasteiger partial charge is 0.462 e. The normalized spacial score (nSPS) is 10.3. The van der Waals surface area contributed by atoms with Gasteiger partial charge < -0.3 is 10.1 Å². The molecule has 0 bridgehead atoms. The van der Waals surface area contributed by atoms with Crippen molar-refractivity contribution in [2.45, 2.75) is 20.0 Å². The second kappa shape index (κ2) is 6.75. The van der Waals surface area contributed by atoms with Crippen molar-refractivity contribution in [1.29, 1.82) is 0 Å². The van der Waals surface area contributed by atoms with Crippen LogP contribution in [-0.2, 0) is 9.53 Å². The second-order valence-electron chi connectivity index (χ2n) is 4.84. The van der Waals surface area contributed by atoms with Crippen LogP contribution in [0.15, 0.2) is 54.6 Å². The molecule has 0 fully saturated rings. The smallest absolute Gasteiger partial charge is 0.325 e. The molecule has 0 unspecified atom stereocenters. The van der Waals surface area contributed by atoms with Crippen LogP contribution in [0.2, 0.25) is 0 Å². The first-order valence-electron chi connectivity index (χ1n) is 6.74. The summed E-state index contributed by atoms with van der Waals surface area (Å²) in [5, 5.41) is 3.05. The number of carbonyl (C=O) groups excluding carboxylic acids is 1. The third-order valence-electron chi connectivity index (χ3n) is 2.80. The predicted octanol–water partition coefficient (Wildman–Crippen LogP) is 3.72. The number of rotatable bonds is 5. The Bertz CT molecular complexity index is 547. The maximum Gasteiger partial charge on any atom is 0.325 e. The van der Waals surface area contributed by atoms with Gasteiger partial charge in [-0.2, -0.15) is 0 Å². The molecule has 0 aliphatic heterocycles. The summed E-state index contributed by atoms with van der Waals surface area (Å²) in [5.74, 6) is -0.243. The van der Waals surface area contributed by atoms with Crippen molar-refractivity contribution in [3.05, 3.63) is 54.6 Å². The van der Waals surface area contributed by atoms with E-state index in [-0.39, 0.29) is 18.6 Å². The van der Waals surface area contributed by atoms with E-state index in [9.17, 15) is 4.79 Å². The summed E-state index contributed by atoms with van der Waals surface area (Å²) in [7, 11) is 0. The third kappa shape index (κ3) is 4.12. The molecule has 0 spiro atoms. The minimum Gasteiger partial charge on any atom is -0.462 e. The van der Waals surface area contributed by atoms with Crippen LogP contribution in [-0.4, -0.2) is 18.6 Å². The Kier molecular flexibility index (Phi) is 4.77. The van der Waals surface area contributed by atoms with E-state index in [1.165, 1.54) is 5.56 Å². The lowest BCUT2D eigenvalue weighted by Gasteiger charge is -2.10. The zero-order valence-corrected chi connectivity index (χ0v) is 11.8. The lowest BCUT2D eigenvalue weighted by Crippen LogP contribution is -2.20. The Labute approximate surface area is 119 Å². The monoisotopic (exact) mass is 269 g/mol. The van der Waals surface area contributed by atoms with Crippen molar-refractivity contribution >= 4 is 11.7 Å². The highest BCUT2D eigenvalue weighted by molar-refractivity contribution is 5.75. The summed E-state index contributed by atoms with van der Waals surface area (Å²) < 4.78 is 5.06. The first-order chi connectivity index (χ1) is 9.65. The van der Waals surface area contributed by atoms with Gasteiger partial charge in [-0.1, -0.05) is 42.5 Å². The molecule has 2 aromatic carbocycles. The third-order valence-corrected chi connectivity index (χ3v) is 2.80. The van der Waals surface area contributed by atoms with Crippen LogP contribution in [0.5, 0.6) is 0 Å². The molecule has 2 aromatic rings. The molecule has 0 saturated carbocycles. The van der Waals surface area contributed by atoms with Crippen molar-refractivity contribution in [2.24, 2.45) is 0 Å². The van der Waals surface area contributed by atoms with Gasteiger partial charge in [0.05, 0.1) is 6.10 Å². The van der Waals surface area contributed by atoms with E-state index in [1.54, 1.807) is 0 Å². The van der Waals surface area contributed by atoms with Crippen molar-refractivity contribution in [1.82, 2.24) is 0 Å². The molecule has 0 amide bonds. The predicted molar refractivity (Wildman–Crippen MR) is 81.6 cm³/mol. The average Bonchev–Trinajstić information content (AvgIpc) is 2.46. The van der Waals surface area contributed by atoms with Crippen molar-refractivity contribution in [3.8, 4) is 11.1 Å². The number of hydrogen-bond donors (Lipinski definition) is 1. The Morgan fingerprint density at radius 1 is 1.00 bits per heavy atom. The number of ether oxygens (including phenoxy) is 1. The van der Waals surface area contributed by atoms with E-state index in [0.29, 0.717) is 0 Å². The highest BCUT2D eigenvalue weighted by Crippen LogP contribution is 2.20. The number of carbonyl (C=O) groups is 1. The number of esters is 1. The molecule has 0 heterocycles. The molecule has 0 radical (unpaired) electrons. The van der Waals surface area contributed by atoms with Crippen LogP contribution in [0.3, 0.4) is 0 Å². The minimum absolute atomic E-state index is 0.0789. The summed E-state index contributed by atoms with van der Waals surface area (Å²) in [5.41, 5.74) is 3.24. The molecule has 1 N–H and O–H groups in total. The fraction of sp³-hybridized carbons (Fsp3) is 0.235. The van der Waals surface area contributed by atoms with Crippen LogP contribution in [0.1, 0.15) is 13.8 Å². The summed E-state index contributed by atoms with van der Waals surface area (Å²) in [6.07, 6.45) is -0.0789. The standard InChI is InChI=1S/C17H19NO2/c1-13(2)20-17(19)12-18-16-10-8-15(9-11-16)14-6-4-3-5-7-14/h3-11,13,18H,12H2,1-2H3. The SMILES string of the molecule is CC(C)OC(=O)CNc1ccc(-c2ccccc2)cc1. The fourth-order valence-corrected chi connectivity index (χ4v) is 1.89. The molecule has 0 aliphatic rings. The van der Waals surface area contributed by atoms with Crippen LogP contribution >= 0.6 is 0 Å². The van der Waals surface area contributed by atoms with Gasteiger partial charge in [0.1, 0.15) is 6.54 Å². The Balaban J connectivity index is 1.94. The first kappa shape index (κ1) is 14.1. The Morgan fingerprint density at radius 2 is 1.60 bits per heavy atom. The van der Waals surface area contributed by atoms with Crippen molar-refractivity contribution in [2.75, 3.05) is 11.9 Å². The Hall–Kier alpha value is -2.29. The summed E-state index contributed by atoms with van der Waals surface area (Å²) in [6.45, 7) is 3.86. The first-order valence-corrected chi connectivity index (χ1v) is 6.74.